The minimum atomic E-state index is -1.08. The number of amides is 1. The van der Waals surface area contributed by atoms with Crippen molar-refractivity contribution in [3.05, 3.63) is 24.3 Å². The second-order valence-electron chi connectivity index (χ2n) is 3.95. The lowest BCUT2D eigenvalue weighted by molar-refractivity contribution is -0.145. The van der Waals surface area contributed by atoms with Gasteiger partial charge in [0.05, 0.1) is 18.8 Å². The first-order valence-corrected chi connectivity index (χ1v) is 5.57. The molecule has 1 unspecified atom stereocenters. The molecule has 0 saturated heterocycles. The zero-order valence-corrected chi connectivity index (χ0v) is 9.92. The highest BCUT2D eigenvalue weighted by Crippen LogP contribution is 2.33. The molecule has 1 aliphatic rings. The molecule has 1 aromatic rings. The van der Waals surface area contributed by atoms with Crippen LogP contribution in [0, 0.1) is 0 Å². The van der Waals surface area contributed by atoms with Crippen molar-refractivity contribution in [3.8, 4) is 5.75 Å². The molecule has 0 aliphatic carbocycles. The van der Waals surface area contributed by atoms with E-state index in [1.807, 2.05) is 0 Å². The van der Waals surface area contributed by atoms with Gasteiger partial charge in [-0.05, 0) is 19.2 Å². The van der Waals surface area contributed by atoms with E-state index in [2.05, 4.69) is 5.32 Å². The van der Waals surface area contributed by atoms with Crippen LogP contribution >= 0.6 is 0 Å². The van der Waals surface area contributed by atoms with Crippen LogP contribution in [0.4, 0.5) is 5.69 Å². The molecule has 2 rings (SSSR count). The van der Waals surface area contributed by atoms with Crippen molar-refractivity contribution in [2.45, 2.75) is 6.10 Å². The van der Waals surface area contributed by atoms with E-state index in [1.54, 1.807) is 31.3 Å². The number of nitrogens with zero attached hydrogens (tertiary/aromatic N) is 1. The SMILES string of the molecule is CNCC(=O)N1CC(C(=O)O)Oc2ccccc21. The Bertz CT molecular complexity index is 475. The summed E-state index contributed by atoms with van der Waals surface area (Å²) in [6, 6.07) is 6.91. The molecule has 0 bridgehead atoms. The highest BCUT2D eigenvalue weighted by molar-refractivity contribution is 5.97. The van der Waals surface area contributed by atoms with Gasteiger partial charge in [-0.2, -0.15) is 0 Å². The van der Waals surface area contributed by atoms with Gasteiger partial charge in [0.1, 0.15) is 5.75 Å². The molecule has 1 aromatic carbocycles. The van der Waals surface area contributed by atoms with E-state index >= 15 is 0 Å². The summed E-state index contributed by atoms with van der Waals surface area (Å²) in [5.74, 6) is -0.841. The fourth-order valence-electron chi connectivity index (χ4n) is 1.85. The molecule has 0 spiro atoms. The predicted molar refractivity (Wildman–Crippen MR) is 64.8 cm³/mol. The Morgan fingerprint density at radius 3 is 2.89 bits per heavy atom. The molecule has 18 heavy (non-hydrogen) atoms. The minimum Gasteiger partial charge on any atom is -0.478 e. The van der Waals surface area contributed by atoms with Crippen LogP contribution < -0.4 is 15.0 Å². The number of anilines is 1. The number of likely N-dealkylation sites (N-methyl/N-ethyl adjacent to an activating group) is 1. The van der Waals surface area contributed by atoms with Crippen LogP contribution in [-0.2, 0) is 9.59 Å². The molecular weight excluding hydrogens is 236 g/mol. The van der Waals surface area contributed by atoms with Gasteiger partial charge in [0, 0.05) is 0 Å². The summed E-state index contributed by atoms with van der Waals surface area (Å²) in [5.41, 5.74) is 0.607. The van der Waals surface area contributed by atoms with E-state index < -0.39 is 12.1 Å². The molecule has 1 atom stereocenters. The molecule has 6 heteroatoms. The molecule has 2 N–H and O–H groups in total. The first kappa shape index (κ1) is 12.4. The lowest BCUT2D eigenvalue weighted by Gasteiger charge is -2.33. The van der Waals surface area contributed by atoms with Gasteiger partial charge in [0.25, 0.3) is 0 Å². The predicted octanol–water partition coefficient (Wildman–Crippen LogP) is 0.0846. The van der Waals surface area contributed by atoms with E-state index in [0.29, 0.717) is 11.4 Å². The van der Waals surface area contributed by atoms with Crippen molar-refractivity contribution in [2.75, 3.05) is 25.0 Å². The van der Waals surface area contributed by atoms with Crippen molar-refractivity contribution in [3.63, 3.8) is 0 Å². The number of nitrogens with one attached hydrogen (secondary N) is 1. The molecule has 1 aliphatic heterocycles. The maximum absolute atomic E-state index is 11.9. The fraction of sp³-hybridized carbons (Fsp3) is 0.333. The van der Waals surface area contributed by atoms with Crippen molar-refractivity contribution in [1.29, 1.82) is 0 Å². The Labute approximate surface area is 104 Å². The van der Waals surface area contributed by atoms with Crippen LogP contribution in [0.2, 0.25) is 0 Å². The Kier molecular flexibility index (Phi) is 3.47. The van der Waals surface area contributed by atoms with Gasteiger partial charge >= 0.3 is 5.97 Å². The molecule has 6 nitrogen and oxygen atoms in total. The van der Waals surface area contributed by atoms with Gasteiger partial charge in [-0.25, -0.2) is 4.79 Å². The number of fused-ring (bicyclic) bond motifs is 1. The number of carboxylic acids is 1. The first-order valence-electron chi connectivity index (χ1n) is 5.57. The van der Waals surface area contributed by atoms with E-state index in [1.165, 1.54) is 4.90 Å². The van der Waals surface area contributed by atoms with E-state index in [0.717, 1.165) is 0 Å². The number of carbonyl (C=O) groups is 2. The van der Waals surface area contributed by atoms with Gasteiger partial charge in [0.2, 0.25) is 12.0 Å². The van der Waals surface area contributed by atoms with Gasteiger partial charge < -0.3 is 20.1 Å². The van der Waals surface area contributed by atoms with Crippen LogP contribution in [-0.4, -0.2) is 43.2 Å². The number of carbonyl (C=O) groups excluding carboxylic acids is 1. The molecule has 96 valence electrons. The summed E-state index contributed by atoms with van der Waals surface area (Å²) in [4.78, 5) is 24.4. The number of ether oxygens (including phenoxy) is 1. The van der Waals surface area contributed by atoms with Crippen molar-refractivity contribution < 1.29 is 19.4 Å². The largest absolute Gasteiger partial charge is 0.478 e. The van der Waals surface area contributed by atoms with Gasteiger partial charge in [-0.1, -0.05) is 12.1 Å². The highest BCUT2D eigenvalue weighted by Gasteiger charge is 2.33. The van der Waals surface area contributed by atoms with Crippen LogP contribution in [0.1, 0.15) is 0 Å². The summed E-state index contributed by atoms with van der Waals surface area (Å²) < 4.78 is 5.34. The average molecular weight is 250 g/mol. The van der Waals surface area contributed by atoms with Crippen molar-refractivity contribution in [1.82, 2.24) is 5.32 Å². The Morgan fingerprint density at radius 2 is 2.22 bits per heavy atom. The molecule has 0 saturated carbocycles. The molecule has 0 fully saturated rings. The third-order valence-corrected chi connectivity index (χ3v) is 2.68. The standard InChI is InChI=1S/C12H14N2O4/c1-13-6-11(15)14-7-10(12(16)17)18-9-5-3-2-4-8(9)14/h2-5,10,13H,6-7H2,1H3,(H,16,17). The average Bonchev–Trinajstić information content (AvgIpc) is 2.37. The zero-order chi connectivity index (χ0) is 13.1. The highest BCUT2D eigenvalue weighted by atomic mass is 16.5. The number of carboxylic acid groups (broad SMARTS) is 1. The molecular formula is C12H14N2O4. The van der Waals surface area contributed by atoms with E-state index in [9.17, 15) is 9.59 Å². The van der Waals surface area contributed by atoms with Crippen LogP contribution in [0.25, 0.3) is 0 Å². The van der Waals surface area contributed by atoms with Crippen molar-refractivity contribution >= 4 is 17.6 Å². The second kappa shape index (κ2) is 5.05. The maximum Gasteiger partial charge on any atom is 0.346 e. The first-order chi connectivity index (χ1) is 8.63. The number of benzene rings is 1. The smallest absolute Gasteiger partial charge is 0.346 e. The molecule has 0 aromatic heterocycles. The Morgan fingerprint density at radius 1 is 1.50 bits per heavy atom. The Hall–Kier alpha value is -2.08. The van der Waals surface area contributed by atoms with Crippen LogP contribution in [0.5, 0.6) is 5.75 Å². The monoisotopic (exact) mass is 250 g/mol. The zero-order valence-electron chi connectivity index (χ0n) is 9.92. The minimum absolute atomic E-state index is 0.0207. The van der Waals surface area contributed by atoms with E-state index in [-0.39, 0.29) is 19.0 Å². The van der Waals surface area contributed by atoms with Crippen LogP contribution in [0.3, 0.4) is 0 Å². The number of rotatable bonds is 3. The number of aliphatic carboxylic acids is 1. The van der Waals surface area contributed by atoms with E-state index in [4.69, 9.17) is 9.84 Å². The van der Waals surface area contributed by atoms with Gasteiger partial charge in [0.15, 0.2) is 0 Å². The summed E-state index contributed by atoms with van der Waals surface area (Å²) in [6.07, 6.45) is -1.03. The van der Waals surface area contributed by atoms with Crippen LogP contribution in [0.15, 0.2) is 24.3 Å². The molecule has 0 radical (unpaired) electrons. The number of hydrogen-bond donors (Lipinski definition) is 2. The van der Waals surface area contributed by atoms with Gasteiger partial charge in [-0.3, -0.25) is 4.79 Å². The van der Waals surface area contributed by atoms with Crippen molar-refractivity contribution in [2.24, 2.45) is 0 Å². The molecule has 1 heterocycles. The fourth-order valence-corrected chi connectivity index (χ4v) is 1.85. The lowest BCUT2D eigenvalue weighted by atomic mass is 10.2. The third kappa shape index (κ3) is 2.28. The third-order valence-electron chi connectivity index (χ3n) is 2.68. The lowest BCUT2D eigenvalue weighted by Crippen LogP contribution is -2.49. The molecule has 1 amide bonds. The quantitative estimate of drug-likeness (QED) is 0.794. The topological polar surface area (TPSA) is 78.9 Å². The normalized spacial score (nSPS) is 17.8. The summed E-state index contributed by atoms with van der Waals surface area (Å²) >= 11 is 0. The number of hydrogen-bond acceptors (Lipinski definition) is 4. The summed E-state index contributed by atoms with van der Waals surface area (Å²) in [6.45, 7) is 0.174. The summed E-state index contributed by atoms with van der Waals surface area (Å²) in [5, 5.41) is 11.8. The Balaban J connectivity index is 2.33. The number of para-hydroxylation sites is 2. The summed E-state index contributed by atoms with van der Waals surface area (Å²) in [7, 11) is 1.67. The maximum atomic E-state index is 11.9. The second-order valence-corrected chi connectivity index (χ2v) is 3.95. The van der Waals surface area contributed by atoms with Gasteiger partial charge in [-0.15, -0.1) is 0 Å².